The van der Waals surface area contributed by atoms with Crippen molar-refractivity contribution in [3.63, 3.8) is 0 Å². The van der Waals surface area contributed by atoms with Crippen LogP contribution in [0.15, 0.2) is 42.7 Å². The van der Waals surface area contributed by atoms with Gasteiger partial charge in [0, 0.05) is 34.4 Å². The van der Waals surface area contributed by atoms with E-state index in [-0.39, 0.29) is 11.8 Å². The molecule has 0 saturated heterocycles. The number of nitrogens with zero attached hydrogens (tertiary/aromatic N) is 2. The molecule has 132 valence electrons. The second-order valence-electron chi connectivity index (χ2n) is 6.82. The van der Waals surface area contributed by atoms with Crippen LogP contribution in [0.25, 0.3) is 10.6 Å². The lowest BCUT2D eigenvalue weighted by Gasteiger charge is -2.21. The number of para-hydroxylation sites is 1. The molecule has 1 aromatic carbocycles. The Morgan fingerprint density at radius 1 is 1.15 bits per heavy atom. The van der Waals surface area contributed by atoms with Gasteiger partial charge in [0.1, 0.15) is 5.01 Å². The van der Waals surface area contributed by atoms with Gasteiger partial charge in [-0.15, -0.1) is 11.3 Å². The fourth-order valence-corrected chi connectivity index (χ4v) is 4.65. The first-order chi connectivity index (χ1) is 12.6. The Bertz CT molecular complexity index is 929. The SMILES string of the molecule is Cc1cccc(C)c1NC(=O)C1CCc2nc(-c3ccncc3)sc2C1. The molecule has 1 N–H and O–H groups in total. The molecule has 2 aromatic heterocycles. The highest BCUT2D eigenvalue weighted by Gasteiger charge is 2.28. The summed E-state index contributed by atoms with van der Waals surface area (Å²) >= 11 is 1.70. The van der Waals surface area contributed by atoms with Crippen LogP contribution in [0.4, 0.5) is 5.69 Å². The van der Waals surface area contributed by atoms with Crippen molar-refractivity contribution in [3.05, 3.63) is 64.4 Å². The third-order valence-corrected chi connectivity index (χ3v) is 6.14. The Morgan fingerprint density at radius 2 is 1.88 bits per heavy atom. The van der Waals surface area contributed by atoms with E-state index in [9.17, 15) is 4.79 Å². The second kappa shape index (κ2) is 7.00. The summed E-state index contributed by atoms with van der Waals surface area (Å²) in [5.41, 5.74) is 5.40. The number of fused-ring (bicyclic) bond motifs is 1. The van der Waals surface area contributed by atoms with Crippen LogP contribution in [0.1, 0.15) is 28.1 Å². The molecule has 0 saturated carbocycles. The molecule has 1 atom stereocenters. The van der Waals surface area contributed by atoms with Crippen LogP contribution < -0.4 is 5.32 Å². The molecule has 1 aliphatic rings. The Balaban J connectivity index is 1.51. The number of amides is 1. The van der Waals surface area contributed by atoms with Crippen LogP contribution in [0.3, 0.4) is 0 Å². The minimum absolute atomic E-state index is 0.00671. The number of aromatic nitrogens is 2. The molecular formula is C21H21N3OS. The minimum atomic E-state index is 0.00671. The van der Waals surface area contributed by atoms with Crippen molar-refractivity contribution in [2.24, 2.45) is 5.92 Å². The van der Waals surface area contributed by atoms with Gasteiger partial charge < -0.3 is 5.32 Å². The quantitative estimate of drug-likeness (QED) is 0.742. The summed E-state index contributed by atoms with van der Waals surface area (Å²) in [6.07, 6.45) is 6.06. The van der Waals surface area contributed by atoms with Crippen LogP contribution in [-0.2, 0) is 17.6 Å². The Hall–Kier alpha value is -2.53. The number of carbonyl (C=O) groups is 1. The lowest BCUT2D eigenvalue weighted by atomic mass is 9.90. The number of nitrogens with one attached hydrogen (secondary N) is 1. The number of pyridine rings is 1. The molecule has 1 amide bonds. The first-order valence-corrected chi connectivity index (χ1v) is 9.69. The van der Waals surface area contributed by atoms with Gasteiger partial charge in [-0.3, -0.25) is 9.78 Å². The minimum Gasteiger partial charge on any atom is -0.325 e. The lowest BCUT2D eigenvalue weighted by Crippen LogP contribution is -2.28. The van der Waals surface area contributed by atoms with Crippen LogP contribution in [0.5, 0.6) is 0 Å². The summed E-state index contributed by atoms with van der Waals surface area (Å²) in [7, 11) is 0. The maximum absolute atomic E-state index is 12.8. The molecule has 1 aliphatic carbocycles. The number of rotatable bonds is 3. The van der Waals surface area contributed by atoms with Crippen LogP contribution >= 0.6 is 11.3 Å². The Kier molecular flexibility index (Phi) is 4.55. The molecule has 3 aromatic rings. The van der Waals surface area contributed by atoms with Gasteiger partial charge in [0.2, 0.25) is 5.91 Å². The summed E-state index contributed by atoms with van der Waals surface area (Å²) in [5, 5.41) is 4.18. The topological polar surface area (TPSA) is 54.9 Å². The fraction of sp³-hybridized carbons (Fsp3) is 0.286. The number of aryl methyl sites for hydroxylation is 3. The van der Waals surface area contributed by atoms with Crippen molar-refractivity contribution in [3.8, 4) is 10.6 Å². The summed E-state index contributed by atoms with van der Waals surface area (Å²) in [5.74, 6) is 0.124. The summed E-state index contributed by atoms with van der Waals surface area (Å²) in [4.78, 5) is 22.9. The molecule has 26 heavy (non-hydrogen) atoms. The first kappa shape index (κ1) is 16.9. The van der Waals surface area contributed by atoms with E-state index in [0.717, 1.165) is 52.3 Å². The van der Waals surface area contributed by atoms with Gasteiger partial charge in [-0.2, -0.15) is 0 Å². The van der Waals surface area contributed by atoms with Crippen molar-refractivity contribution in [2.75, 3.05) is 5.32 Å². The van der Waals surface area contributed by atoms with Gasteiger partial charge in [-0.1, -0.05) is 18.2 Å². The van der Waals surface area contributed by atoms with Crippen molar-refractivity contribution in [1.82, 2.24) is 9.97 Å². The highest BCUT2D eigenvalue weighted by molar-refractivity contribution is 7.15. The van der Waals surface area contributed by atoms with Crippen molar-refractivity contribution in [1.29, 1.82) is 0 Å². The Labute approximate surface area is 157 Å². The molecule has 0 bridgehead atoms. The smallest absolute Gasteiger partial charge is 0.227 e. The largest absolute Gasteiger partial charge is 0.325 e. The maximum Gasteiger partial charge on any atom is 0.227 e. The van der Waals surface area contributed by atoms with E-state index in [4.69, 9.17) is 4.98 Å². The van der Waals surface area contributed by atoms with Crippen molar-refractivity contribution >= 4 is 22.9 Å². The summed E-state index contributed by atoms with van der Waals surface area (Å²) in [6, 6.07) is 10.0. The van der Waals surface area contributed by atoms with Gasteiger partial charge in [0.15, 0.2) is 0 Å². The number of carbonyl (C=O) groups excluding carboxylic acids is 1. The zero-order chi connectivity index (χ0) is 18.1. The average Bonchev–Trinajstić information content (AvgIpc) is 3.09. The molecule has 5 heteroatoms. The standard InChI is InChI=1S/C21H21N3OS/c1-13-4-3-5-14(2)19(13)24-20(25)16-6-7-17-18(12-16)26-21(23-17)15-8-10-22-11-9-15/h3-5,8-11,16H,6-7,12H2,1-2H3,(H,24,25). The second-order valence-corrected chi connectivity index (χ2v) is 7.90. The zero-order valence-corrected chi connectivity index (χ0v) is 15.8. The summed E-state index contributed by atoms with van der Waals surface area (Å²) < 4.78 is 0. The lowest BCUT2D eigenvalue weighted by molar-refractivity contribution is -0.120. The van der Waals surface area contributed by atoms with Crippen molar-refractivity contribution < 1.29 is 4.79 Å². The number of anilines is 1. The third kappa shape index (κ3) is 3.27. The number of benzene rings is 1. The molecule has 0 radical (unpaired) electrons. The molecule has 4 nitrogen and oxygen atoms in total. The van der Waals surface area contributed by atoms with E-state index in [2.05, 4.69) is 10.3 Å². The number of hydrogen-bond acceptors (Lipinski definition) is 4. The predicted octanol–water partition coefficient (Wildman–Crippen LogP) is 4.57. The highest BCUT2D eigenvalue weighted by Crippen LogP contribution is 2.35. The van der Waals surface area contributed by atoms with Crippen LogP contribution in [0, 0.1) is 19.8 Å². The van der Waals surface area contributed by atoms with E-state index in [0.29, 0.717) is 0 Å². The number of hydrogen-bond donors (Lipinski definition) is 1. The number of thiazole rings is 1. The van der Waals surface area contributed by atoms with Crippen molar-refractivity contribution in [2.45, 2.75) is 33.1 Å². The Morgan fingerprint density at radius 3 is 2.62 bits per heavy atom. The van der Waals surface area contributed by atoms with Gasteiger partial charge >= 0.3 is 0 Å². The predicted molar refractivity (Wildman–Crippen MR) is 105 cm³/mol. The zero-order valence-electron chi connectivity index (χ0n) is 15.0. The summed E-state index contributed by atoms with van der Waals surface area (Å²) in [6.45, 7) is 4.07. The molecule has 0 fully saturated rings. The van der Waals surface area contributed by atoms with Crippen LogP contribution in [0.2, 0.25) is 0 Å². The van der Waals surface area contributed by atoms with Crippen LogP contribution in [-0.4, -0.2) is 15.9 Å². The van der Waals surface area contributed by atoms with E-state index < -0.39 is 0 Å². The van der Waals surface area contributed by atoms with E-state index in [1.807, 2.05) is 44.2 Å². The van der Waals surface area contributed by atoms with Gasteiger partial charge in [0.05, 0.1) is 5.69 Å². The molecule has 0 aliphatic heterocycles. The van der Waals surface area contributed by atoms with Gasteiger partial charge in [-0.05, 0) is 56.4 Å². The molecule has 0 spiro atoms. The molecular weight excluding hydrogens is 342 g/mol. The molecule has 4 rings (SSSR count). The molecule has 2 heterocycles. The average molecular weight is 363 g/mol. The maximum atomic E-state index is 12.8. The fourth-order valence-electron chi connectivity index (χ4n) is 3.45. The highest BCUT2D eigenvalue weighted by atomic mass is 32.1. The monoisotopic (exact) mass is 363 g/mol. The van der Waals surface area contributed by atoms with E-state index in [1.165, 1.54) is 4.88 Å². The molecule has 1 unspecified atom stereocenters. The van der Waals surface area contributed by atoms with Gasteiger partial charge in [-0.25, -0.2) is 4.98 Å². The van der Waals surface area contributed by atoms with E-state index >= 15 is 0 Å². The normalized spacial score (nSPS) is 16.2. The van der Waals surface area contributed by atoms with Gasteiger partial charge in [0.25, 0.3) is 0 Å². The first-order valence-electron chi connectivity index (χ1n) is 8.88. The third-order valence-electron chi connectivity index (χ3n) is 4.97. The van der Waals surface area contributed by atoms with E-state index in [1.54, 1.807) is 23.7 Å².